The monoisotopic (exact) mass is 263 g/mol. The molecular weight excluding hydrogens is 250 g/mol. The molecule has 2 rings (SSSR count). The van der Waals surface area contributed by atoms with Crippen LogP contribution in [0, 0.1) is 0 Å². The summed E-state index contributed by atoms with van der Waals surface area (Å²) in [5, 5.41) is 19.1. The van der Waals surface area contributed by atoms with Crippen molar-refractivity contribution in [3.05, 3.63) is 35.9 Å². The Balaban J connectivity index is 1.85. The lowest BCUT2D eigenvalue weighted by atomic mass is 10.3. The highest BCUT2D eigenvalue weighted by molar-refractivity contribution is 5.85. The molecule has 0 aliphatic heterocycles. The number of hydrogen-bond acceptors (Lipinski definition) is 4. The molecule has 0 radical (unpaired) electrons. The first-order chi connectivity index (χ1) is 9.04. The van der Waals surface area contributed by atoms with Crippen LogP contribution in [0.4, 0.5) is 0 Å². The van der Waals surface area contributed by atoms with Crippen LogP contribution in [-0.4, -0.2) is 36.5 Å². The molecule has 0 aromatic carbocycles. The van der Waals surface area contributed by atoms with Gasteiger partial charge in [0.2, 0.25) is 5.91 Å². The molecule has 0 atom stereocenters. The molecule has 1 amide bonds. The maximum atomic E-state index is 11.6. The Labute approximate surface area is 108 Å². The van der Waals surface area contributed by atoms with Crippen molar-refractivity contribution in [3.8, 4) is 0 Å². The summed E-state index contributed by atoms with van der Waals surface area (Å²) in [6.07, 6.45) is 4.92. The van der Waals surface area contributed by atoms with E-state index in [-0.39, 0.29) is 18.1 Å². The van der Waals surface area contributed by atoms with Crippen LogP contribution < -0.4 is 5.32 Å². The molecule has 0 unspecified atom stereocenters. The van der Waals surface area contributed by atoms with Crippen molar-refractivity contribution in [3.63, 3.8) is 0 Å². The lowest BCUT2D eigenvalue weighted by Gasteiger charge is -2.03. The molecule has 2 N–H and O–H groups in total. The number of amides is 1. The normalized spacial score (nSPS) is 10.4. The number of carbonyl (C=O) groups is 2. The summed E-state index contributed by atoms with van der Waals surface area (Å²) >= 11 is 0. The van der Waals surface area contributed by atoms with Gasteiger partial charge in [-0.15, -0.1) is 0 Å². The van der Waals surface area contributed by atoms with Gasteiger partial charge < -0.3 is 10.4 Å². The third-order valence-electron chi connectivity index (χ3n) is 2.41. The number of carboxylic acid groups (broad SMARTS) is 1. The third kappa shape index (κ3) is 3.41. The van der Waals surface area contributed by atoms with E-state index < -0.39 is 5.97 Å². The van der Waals surface area contributed by atoms with Crippen LogP contribution in [0.5, 0.6) is 0 Å². The highest BCUT2D eigenvalue weighted by Gasteiger charge is 2.09. The molecule has 8 heteroatoms. The lowest BCUT2D eigenvalue weighted by molar-refractivity contribution is -0.122. The van der Waals surface area contributed by atoms with Crippen LogP contribution in [0.25, 0.3) is 0 Å². The van der Waals surface area contributed by atoms with Crippen molar-refractivity contribution >= 4 is 11.9 Å². The van der Waals surface area contributed by atoms with E-state index >= 15 is 0 Å². The third-order valence-corrected chi connectivity index (χ3v) is 2.41. The molecule has 0 fully saturated rings. The Kier molecular flexibility index (Phi) is 3.60. The first-order valence-electron chi connectivity index (χ1n) is 5.55. The molecule has 100 valence electrons. The number of aromatic nitrogens is 4. The SMILES string of the molecule is Cn1cc(CNC(=O)Cn2ccc(C(=O)O)n2)cn1. The van der Waals surface area contributed by atoms with Crippen LogP contribution in [0.15, 0.2) is 24.7 Å². The summed E-state index contributed by atoms with van der Waals surface area (Å²) in [4.78, 5) is 22.3. The van der Waals surface area contributed by atoms with E-state index in [9.17, 15) is 9.59 Å². The van der Waals surface area contributed by atoms with Gasteiger partial charge >= 0.3 is 5.97 Å². The second-order valence-corrected chi connectivity index (χ2v) is 4.00. The highest BCUT2D eigenvalue weighted by Crippen LogP contribution is 1.97. The van der Waals surface area contributed by atoms with E-state index in [1.165, 1.54) is 16.9 Å². The summed E-state index contributed by atoms with van der Waals surface area (Å²) in [5.74, 6) is -1.36. The summed E-state index contributed by atoms with van der Waals surface area (Å²) in [7, 11) is 1.79. The van der Waals surface area contributed by atoms with Crippen molar-refractivity contribution < 1.29 is 14.7 Å². The first-order valence-corrected chi connectivity index (χ1v) is 5.55. The van der Waals surface area contributed by atoms with Crippen LogP contribution in [0.2, 0.25) is 0 Å². The van der Waals surface area contributed by atoms with E-state index in [0.717, 1.165) is 5.56 Å². The van der Waals surface area contributed by atoms with Crippen LogP contribution in [0.3, 0.4) is 0 Å². The molecule has 0 aliphatic rings. The Morgan fingerprint density at radius 3 is 2.84 bits per heavy atom. The van der Waals surface area contributed by atoms with Gasteiger partial charge in [-0.25, -0.2) is 4.79 Å². The standard InChI is InChI=1S/C11H13N5O3/c1-15-6-8(5-13-15)4-12-10(17)7-16-3-2-9(14-16)11(18)19/h2-3,5-6H,4,7H2,1H3,(H,12,17)(H,18,19). The topological polar surface area (TPSA) is 102 Å². The first kappa shape index (κ1) is 12.8. The average molecular weight is 263 g/mol. The van der Waals surface area contributed by atoms with Crippen LogP contribution in [0.1, 0.15) is 16.1 Å². The van der Waals surface area contributed by atoms with Crippen LogP contribution >= 0.6 is 0 Å². The van der Waals surface area contributed by atoms with Crippen molar-refractivity contribution in [2.45, 2.75) is 13.1 Å². The van der Waals surface area contributed by atoms with E-state index in [4.69, 9.17) is 5.11 Å². The number of carboxylic acids is 1. The zero-order valence-corrected chi connectivity index (χ0v) is 10.3. The Morgan fingerprint density at radius 2 is 2.26 bits per heavy atom. The molecular formula is C11H13N5O3. The van der Waals surface area contributed by atoms with Gasteiger partial charge in [0.15, 0.2) is 5.69 Å². The van der Waals surface area contributed by atoms with Crippen molar-refractivity contribution in [1.82, 2.24) is 24.9 Å². The van der Waals surface area contributed by atoms with E-state index in [0.29, 0.717) is 6.54 Å². The summed E-state index contributed by atoms with van der Waals surface area (Å²) < 4.78 is 2.93. The van der Waals surface area contributed by atoms with Crippen molar-refractivity contribution in [1.29, 1.82) is 0 Å². The summed E-state index contributed by atoms with van der Waals surface area (Å²) in [5.41, 5.74) is 0.808. The van der Waals surface area contributed by atoms with Gasteiger partial charge in [0.1, 0.15) is 6.54 Å². The minimum atomic E-state index is -1.12. The molecule has 19 heavy (non-hydrogen) atoms. The maximum absolute atomic E-state index is 11.6. The second kappa shape index (κ2) is 5.34. The van der Waals surface area contributed by atoms with Gasteiger partial charge in [0.05, 0.1) is 6.20 Å². The number of hydrogen-bond donors (Lipinski definition) is 2. The molecule has 8 nitrogen and oxygen atoms in total. The largest absolute Gasteiger partial charge is 0.476 e. The number of nitrogens with one attached hydrogen (secondary N) is 1. The van der Waals surface area contributed by atoms with Gasteiger partial charge in [-0.1, -0.05) is 0 Å². The Bertz CT molecular complexity index is 601. The summed E-state index contributed by atoms with van der Waals surface area (Å²) in [6, 6.07) is 1.34. The van der Waals surface area contributed by atoms with Gasteiger partial charge in [0.25, 0.3) is 0 Å². The lowest BCUT2D eigenvalue weighted by Crippen LogP contribution is -2.27. The quantitative estimate of drug-likeness (QED) is 0.766. The van der Waals surface area contributed by atoms with Crippen LogP contribution in [-0.2, 0) is 24.9 Å². The van der Waals surface area contributed by atoms with Gasteiger partial charge in [-0.2, -0.15) is 10.2 Å². The number of aryl methyl sites for hydroxylation is 1. The smallest absolute Gasteiger partial charge is 0.356 e. The fourth-order valence-corrected chi connectivity index (χ4v) is 1.53. The van der Waals surface area contributed by atoms with Crippen molar-refractivity contribution in [2.75, 3.05) is 0 Å². The molecule has 2 aromatic heterocycles. The molecule has 0 saturated heterocycles. The molecule has 0 bridgehead atoms. The minimum absolute atomic E-state index is 0.0203. The van der Waals surface area contributed by atoms with E-state index in [2.05, 4.69) is 15.5 Å². The number of nitrogens with zero attached hydrogens (tertiary/aromatic N) is 4. The zero-order valence-electron chi connectivity index (χ0n) is 10.3. The fourth-order valence-electron chi connectivity index (χ4n) is 1.53. The predicted octanol–water partition coefficient (Wildman–Crippen LogP) is -0.369. The highest BCUT2D eigenvalue weighted by atomic mass is 16.4. The Morgan fingerprint density at radius 1 is 1.47 bits per heavy atom. The van der Waals surface area contributed by atoms with E-state index in [1.807, 2.05) is 0 Å². The molecule has 2 aromatic rings. The fraction of sp³-hybridized carbons (Fsp3) is 0.273. The van der Waals surface area contributed by atoms with Gasteiger partial charge in [-0.3, -0.25) is 14.2 Å². The summed E-state index contributed by atoms with van der Waals surface area (Å²) in [6.45, 7) is 0.354. The van der Waals surface area contributed by atoms with Crippen molar-refractivity contribution in [2.24, 2.45) is 7.05 Å². The van der Waals surface area contributed by atoms with E-state index in [1.54, 1.807) is 24.1 Å². The number of carbonyl (C=O) groups excluding carboxylic acids is 1. The second-order valence-electron chi connectivity index (χ2n) is 4.00. The molecule has 0 spiro atoms. The number of aromatic carboxylic acids is 1. The minimum Gasteiger partial charge on any atom is -0.476 e. The predicted molar refractivity (Wildman–Crippen MR) is 64.2 cm³/mol. The average Bonchev–Trinajstić information content (AvgIpc) is 2.96. The Hall–Kier alpha value is -2.64. The molecule has 2 heterocycles. The maximum Gasteiger partial charge on any atom is 0.356 e. The van der Waals surface area contributed by atoms with Gasteiger partial charge in [-0.05, 0) is 6.07 Å². The molecule has 0 saturated carbocycles. The number of rotatable bonds is 5. The van der Waals surface area contributed by atoms with Gasteiger partial charge in [0, 0.05) is 31.5 Å². The zero-order chi connectivity index (χ0) is 13.8. The molecule has 0 aliphatic carbocycles.